The fraction of sp³-hybridized carbons (Fsp3) is 0.700. The molecule has 0 rings (SSSR count). The van der Waals surface area contributed by atoms with Crippen molar-refractivity contribution in [3.05, 3.63) is 11.3 Å². The predicted molar refractivity (Wildman–Crippen MR) is 51.3 cm³/mol. The van der Waals surface area contributed by atoms with E-state index in [9.17, 15) is 0 Å². The molecule has 0 aromatic heterocycles. The lowest BCUT2D eigenvalue weighted by molar-refractivity contribution is 0.767. The summed E-state index contributed by atoms with van der Waals surface area (Å²) in [6, 6.07) is 2.17. The number of rotatable bonds is 5. The highest BCUT2D eigenvalue weighted by Crippen LogP contribution is 2.11. The fourth-order valence-corrected chi connectivity index (χ4v) is 1.06. The molecule has 0 aromatic carbocycles. The van der Waals surface area contributed by atoms with Crippen LogP contribution < -0.4 is 5.73 Å². The Morgan fingerprint density at radius 1 is 1.25 bits per heavy atom. The minimum atomic E-state index is 0.783. The largest absolute Gasteiger partial charge is 0.401 e. The highest BCUT2D eigenvalue weighted by Gasteiger charge is 2.00. The van der Waals surface area contributed by atoms with Gasteiger partial charge in [-0.25, -0.2) is 0 Å². The van der Waals surface area contributed by atoms with Gasteiger partial charge in [-0.15, -0.1) is 0 Å². The summed E-state index contributed by atoms with van der Waals surface area (Å²) >= 11 is 0. The Hall–Kier alpha value is -0.970. The van der Waals surface area contributed by atoms with Crippen molar-refractivity contribution in [1.82, 2.24) is 0 Å². The molecule has 0 unspecified atom stereocenters. The maximum atomic E-state index is 8.74. The van der Waals surface area contributed by atoms with Crippen LogP contribution in [0.2, 0.25) is 0 Å². The molecule has 2 N–H and O–H groups in total. The summed E-state index contributed by atoms with van der Waals surface area (Å²) in [6.45, 7) is 4.18. The van der Waals surface area contributed by atoms with Gasteiger partial charge in [0.2, 0.25) is 0 Å². The van der Waals surface area contributed by atoms with Gasteiger partial charge in [0.05, 0.1) is 6.07 Å². The van der Waals surface area contributed by atoms with E-state index in [0.29, 0.717) is 0 Å². The third kappa shape index (κ3) is 4.02. The van der Waals surface area contributed by atoms with E-state index in [1.165, 1.54) is 0 Å². The van der Waals surface area contributed by atoms with E-state index >= 15 is 0 Å². The zero-order chi connectivity index (χ0) is 9.40. The molecule has 2 nitrogen and oxygen atoms in total. The van der Waals surface area contributed by atoms with Gasteiger partial charge in [-0.05, 0) is 19.3 Å². The molecule has 0 fully saturated rings. The molecule has 0 radical (unpaired) electrons. The van der Waals surface area contributed by atoms with Crippen molar-refractivity contribution in [1.29, 1.82) is 5.26 Å². The fourth-order valence-electron chi connectivity index (χ4n) is 1.06. The Kier molecular flexibility index (Phi) is 6.18. The molecule has 2 heteroatoms. The van der Waals surface area contributed by atoms with Crippen molar-refractivity contribution in [2.24, 2.45) is 5.73 Å². The Bertz CT molecular complexity index is 187. The zero-order valence-corrected chi connectivity index (χ0v) is 8.06. The molecule has 0 bridgehead atoms. The highest BCUT2D eigenvalue weighted by atomic mass is 14.6. The Balaban J connectivity index is 4.10. The highest BCUT2D eigenvalue weighted by molar-refractivity contribution is 5.25. The van der Waals surface area contributed by atoms with Gasteiger partial charge >= 0.3 is 0 Å². The van der Waals surface area contributed by atoms with Gasteiger partial charge in [-0.3, -0.25) is 0 Å². The van der Waals surface area contributed by atoms with Crippen LogP contribution in [0.5, 0.6) is 0 Å². The minimum Gasteiger partial charge on any atom is -0.401 e. The molecule has 0 aromatic rings. The van der Waals surface area contributed by atoms with Crippen molar-refractivity contribution in [2.45, 2.75) is 46.0 Å². The number of hydrogen-bond donors (Lipinski definition) is 1. The molecule has 0 amide bonds. The summed E-state index contributed by atoms with van der Waals surface area (Å²) in [7, 11) is 0. The molecule has 0 aliphatic rings. The molecule has 12 heavy (non-hydrogen) atoms. The monoisotopic (exact) mass is 166 g/mol. The maximum absolute atomic E-state index is 8.74. The van der Waals surface area contributed by atoms with Crippen molar-refractivity contribution in [2.75, 3.05) is 0 Å². The van der Waals surface area contributed by atoms with E-state index in [4.69, 9.17) is 11.0 Å². The third-order valence-electron chi connectivity index (χ3n) is 1.82. The van der Waals surface area contributed by atoms with Crippen LogP contribution >= 0.6 is 0 Å². The first-order valence-corrected chi connectivity index (χ1v) is 4.63. The van der Waals surface area contributed by atoms with Crippen LogP contribution in [0.1, 0.15) is 46.0 Å². The Morgan fingerprint density at radius 3 is 2.33 bits per heavy atom. The predicted octanol–water partition coefficient (Wildman–Crippen LogP) is 2.71. The first-order valence-electron chi connectivity index (χ1n) is 4.63. The van der Waals surface area contributed by atoms with E-state index in [1.54, 1.807) is 0 Å². The van der Waals surface area contributed by atoms with Gasteiger partial charge in [0.25, 0.3) is 0 Å². The number of unbranched alkanes of at least 4 members (excludes halogenated alkanes) is 1. The van der Waals surface area contributed by atoms with E-state index < -0.39 is 0 Å². The molecule has 0 spiro atoms. The molecule has 0 atom stereocenters. The van der Waals surface area contributed by atoms with Crippen molar-refractivity contribution in [3.8, 4) is 6.07 Å². The average Bonchev–Trinajstić information content (AvgIpc) is 2.10. The Morgan fingerprint density at radius 2 is 1.92 bits per heavy atom. The van der Waals surface area contributed by atoms with Gasteiger partial charge in [0.15, 0.2) is 0 Å². The van der Waals surface area contributed by atoms with Crippen LogP contribution in [-0.4, -0.2) is 0 Å². The van der Waals surface area contributed by atoms with Crippen LogP contribution in [0, 0.1) is 11.3 Å². The van der Waals surface area contributed by atoms with E-state index in [-0.39, 0.29) is 0 Å². The number of nitrogens with two attached hydrogens (primary N) is 1. The van der Waals surface area contributed by atoms with Crippen molar-refractivity contribution in [3.63, 3.8) is 0 Å². The van der Waals surface area contributed by atoms with Crippen LogP contribution in [0.3, 0.4) is 0 Å². The molecule has 0 aliphatic carbocycles. The molecule has 0 heterocycles. The van der Waals surface area contributed by atoms with Crippen LogP contribution in [0.25, 0.3) is 0 Å². The molecule has 0 saturated carbocycles. The number of hydrogen-bond acceptors (Lipinski definition) is 2. The standard InChI is InChI=1S/C10H18N2/c1-3-5-7-10(12)9(8-11)6-4-2/h3-7,12H2,1-2H3/b10-9-. The molecule has 68 valence electrons. The lowest BCUT2D eigenvalue weighted by Crippen LogP contribution is -2.01. The summed E-state index contributed by atoms with van der Waals surface area (Å²) in [6.07, 6.45) is 4.91. The topological polar surface area (TPSA) is 49.8 Å². The summed E-state index contributed by atoms with van der Waals surface area (Å²) < 4.78 is 0. The van der Waals surface area contributed by atoms with Gasteiger partial charge < -0.3 is 5.73 Å². The minimum absolute atomic E-state index is 0.783. The van der Waals surface area contributed by atoms with Crippen LogP contribution in [-0.2, 0) is 0 Å². The molecular formula is C10H18N2. The number of nitriles is 1. The van der Waals surface area contributed by atoms with E-state index in [1.807, 2.05) is 0 Å². The summed E-state index contributed by atoms with van der Waals surface area (Å²) in [5.74, 6) is 0. The molecule has 0 aliphatic heterocycles. The quantitative estimate of drug-likeness (QED) is 0.638. The second kappa shape index (κ2) is 6.72. The SMILES string of the molecule is CCCC/C(N)=C(/C#N)CCC. The lowest BCUT2D eigenvalue weighted by Gasteiger charge is -2.02. The van der Waals surface area contributed by atoms with E-state index in [0.717, 1.165) is 43.4 Å². The van der Waals surface area contributed by atoms with Crippen LogP contribution in [0.4, 0.5) is 0 Å². The van der Waals surface area contributed by atoms with E-state index in [2.05, 4.69) is 19.9 Å². The average molecular weight is 166 g/mol. The van der Waals surface area contributed by atoms with Gasteiger partial charge in [-0.2, -0.15) is 5.26 Å². The normalized spacial score (nSPS) is 12.1. The van der Waals surface area contributed by atoms with Crippen molar-refractivity contribution >= 4 is 0 Å². The molecular weight excluding hydrogens is 148 g/mol. The summed E-state index contributed by atoms with van der Waals surface area (Å²) in [5.41, 5.74) is 7.33. The third-order valence-corrected chi connectivity index (χ3v) is 1.82. The second-order valence-corrected chi connectivity index (χ2v) is 2.97. The second-order valence-electron chi connectivity index (χ2n) is 2.97. The van der Waals surface area contributed by atoms with Gasteiger partial charge in [0, 0.05) is 11.3 Å². The molecule has 0 saturated heterocycles. The lowest BCUT2D eigenvalue weighted by atomic mass is 10.1. The zero-order valence-electron chi connectivity index (χ0n) is 8.06. The summed E-state index contributed by atoms with van der Waals surface area (Å²) in [4.78, 5) is 0. The first kappa shape index (κ1) is 11.0. The first-order chi connectivity index (χ1) is 5.76. The van der Waals surface area contributed by atoms with Crippen molar-refractivity contribution < 1.29 is 0 Å². The summed E-state index contributed by atoms with van der Waals surface area (Å²) in [5, 5.41) is 8.74. The van der Waals surface area contributed by atoms with Gasteiger partial charge in [-0.1, -0.05) is 26.7 Å². The smallest absolute Gasteiger partial charge is 0.0965 e. The van der Waals surface area contributed by atoms with Gasteiger partial charge in [0.1, 0.15) is 0 Å². The number of nitrogens with zero attached hydrogens (tertiary/aromatic N) is 1. The number of allylic oxidation sites excluding steroid dienone is 2. The van der Waals surface area contributed by atoms with Crippen LogP contribution in [0.15, 0.2) is 11.3 Å². The Labute approximate surface area is 75.1 Å². The maximum Gasteiger partial charge on any atom is 0.0965 e.